The molecule has 2 aliphatic heterocycles. The monoisotopic (exact) mass is 383 g/mol. The second-order valence-electron chi connectivity index (χ2n) is 7.44. The van der Waals surface area contributed by atoms with E-state index in [1.807, 2.05) is 25.1 Å². The maximum absolute atomic E-state index is 11.7. The topological polar surface area (TPSA) is 98.7 Å². The minimum Gasteiger partial charge on any atom is -0.390 e. The lowest BCUT2D eigenvalue weighted by atomic mass is 10.0. The van der Waals surface area contributed by atoms with Gasteiger partial charge >= 0.3 is 0 Å². The molecule has 1 aromatic heterocycles. The molecule has 0 bridgehead atoms. The van der Waals surface area contributed by atoms with Gasteiger partial charge in [0.1, 0.15) is 5.82 Å². The highest BCUT2D eigenvalue weighted by molar-refractivity contribution is 7.91. The fraction of sp³-hybridized carbons (Fsp3) is 0.765. The van der Waals surface area contributed by atoms with Crippen molar-refractivity contribution in [2.45, 2.75) is 44.4 Å². The molecule has 2 aliphatic rings. The van der Waals surface area contributed by atoms with Crippen LogP contribution < -0.4 is 15.1 Å². The molecule has 2 N–H and O–H groups in total. The van der Waals surface area contributed by atoms with E-state index in [-0.39, 0.29) is 23.6 Å². The highest BCUT2D eigenvalue weighted by Crippen LogP contribution is 2.22. The zero-order valence-corrected chi connectivity index (χ0v) is 16.5. The third-order valence-electron chi connectivity index (χ3n) is 5.11. The van der Waals surface area contributed by atoms with Gasteiger partial charge in [0.15, 0.2) is 9.84 Å². The van der Waals surface area contributed by atoms with E-state index in [4.69, 9.17) is 0 Å². The van der Waals surface area contributed by atoms with Crippen molar-refractivity contribution in [2.24, 2.45) is 0 Å². The Morgan fingerprint density at radius 1 is 1.27 bits per heavy atom. The number of nitrogens with one attached hydrogen (secondary N) is 1. The predicted octanol–water partition coefficient (Wildman–Crippen LogP) is -0.179. The molecule has 8 nitrogen and oxygen atoms in total. The molecule has 0 unspecified atom stereocenters. The van der Waals surface area contributed by atoms with Crippen molar-refractivity contribution in [3.05, 3.63) is 11.8 Å². The van der Waals surface area contributed by atoms with E-state index in [2.05, 4.69) is 27.1 Å². The summed E-state index contributed by atoms with van der Waals surface area (Å²) in [5.41, 5.74) is 1.03. The summed E-state index contributed by atoms with van der Waals surface area (Å²) in [6, 6.07) is 1.93. The molecule has 1 aromatic rings. The van der Waals surface area contributed by atoms with E-state index in [1.54, 1.807) is 0 Å². The first-order chi connectivity index (χ1) is 12.3. The Labute approximate surface area is 155 Å². The Kier molecular flexibility index (Phi) is 5.69. The third-order valence-corrected chi connectivity index (χ3v) is 6.82. The second-order valence-corrected chi connectivity index (χ2v) is 9.60. The maximum atomic E-state index is 11.7. The summed E-state index contributed by atoms with van der Waals surface area (Å²) < 4.78 is 23.3. The molecule has 0 saturated carbocycles. The number of rotatable bonds is 5. The number of aromatic nitrogens is 2. The van der Waals surface area contributed by atoms with E-state index in [0.717, 1.165) is 49.8 Å². The number of aliphatic hydroxyl groups excluding tert-OH is 1. The molecule has 146 valence electrons. The predicted molar refractivity (Wildman–Crippen MR) is 103 cm³/mol. The normalized spacial score (nSPS) is 26.2. The van der Waals surface area contributed by atoms with Crippen molar-refractivity contribution in [1.82, 2.24) is 15.3 Å². The van der Waals surface area contributed by atoms with E-state index in [9.17, 15) is 13.5 Å². The van der Waals surface area contributed by atoms with Gasteiger partial charge < -0.3 is 20.2 Å². The highest BCUT2D eigenvalue weighted by atomic mass is 32.2. The number of anilines is 2. The number of piperidine rings is 1. The lowest BCUT2D eigenvalue weighted by Crippen LogP contribution is -2.50. The largest absolute Gasteiger partial charge is 0.390 e. The first-order valence-corrected chi connectivity index (χ1v) is 11.0. The van der Waals surface area contributed by atoms with Crippen LogP contribution in [0.15, 0.2) is 6.07 Å². The van der Waals surface area contributed by atoms with Gasteiger partial charge in [-0.3, -0.25) is 0 Å². The minimum absolute atomic E-state index is 0.0341. The number of sulfone groups is 1. The Balaban J connectivity index is 1.61. The van der Waals surface area contributed by atoms with Crippen LogP contribution in [0.4, 0.5) is 11.8 Å². The summed E-state index contributed by atoms with van der Waals surface area (Å²) in [6.45, 7) is 3.78. The standard InChI is InChI=1S/C17H29N5O3S/c1-4-12-9-16(20-17(19-12)21(2)3)22-7-5-13(6-8-22)18-14-10-26(24,25)11-15(14)23/h9,13-15,18,23H,4-8,10-11H2,1-3H3/t14-,15-/m1/s1. The summed E-state index contributed by atoms with van der Waals surface area (Å²) >= 11 is 0. The van der Waals surface area contributed by atoms with Crippen LogP contribution in [0.25, 0.3) is 0 Å². The Morgan fingerprint density at radius 3 is 2.50 bits per heavy atom. The molecule has 2 saturated heterocycles. The molecule has 3 rings (SSSR count). The third kappa shape index (κ3) is 4.44. The van der Waals surface area contributed by atoms with Gasteiger partial charge in [-0.1, -0.05) is 6.92 Å². The van der Waals surface area contributed by atoms with Gasteiger partial charge in [0.05, 0.1) is 17.6 Å². The second kappa shape index (κ2) is 7.66. The molecule has 26 heavy (non-hydrogen) atoms. The average molecular weight is 384 g/mol. The number of nitrogens with zero attached hydrogens (tertiary/aromatic N) is 4. The Hall–Kier alpha value is -1.45. The highest BCUT2D eigenvalue weighted by Gasteiger charge is 2.37. The van der Waals surface area contributed by atoms with E-state index >= 15 is 0 Å². The van der Waals surface area contributed by atoms with Gasteiger partial charge in [-0.25, -0.2) is 13.4 Å². The van der Waals surface area contributed by atoms with Crippen molar-refractivity contribution in [3.63, 3.8) is 0 Å². The summed E-state index contributed by atoms with van der Waals surface area (Å²) in [7, 11) is 0.766. The van der Waals surface area contributed by atoms with E-state index in [0.29, 0.717) is 0 Å². The summed E-state index contributed by atoms with van der Waals surface area (Å²) in [4.78, 5) is 13.4. The van der Waals surface area contributed by atoms with Crippen LogP contribution in [0.5, 0.6) is 0 Å². The molecule has 9 heteroatoms. The van der Waals surface area contributed by atoms with Crippen LogP contribution >= 0.6 is 0 Å². The molecule has 0 amide bonds. The van der Waals surface area contributed by atoms with Crippen molar-refractivity contribution in [1.29, 1.82) is 0 Å². The molecule has 2 fully saturated rings. The molecular weight excluding hydrogens is 354 g/mol. The Bertz CT molecular complexity index is 732. The fourth-order valence-corrected chi connectivity index (χ4v) is 5.33. The van der Waals surface area contributed by atoms with Gasteiger partial charge in [-0.05, 0) is 19.3 Å². The smallest absolute Gasteiger partial charge is 0.227 e. The van der Waals surface area contributed by atoms with Crippen molar-refractivity contribution >= 4 is 21.6 Å². The van der Waals surface area contributed by atoms with Crippen LogP contribution in [-0.4, -0.2) is 80.4 Å². The fourth-order valence-electron chi connectivity index (χ4n) is 3.58. The molecule has 2 atom stereocenters. The number of hydrogen-bond donors (Lipinski definition) is 2. The first-order valence-electron chi connectivity index (χ1n) is 9.22. The Morgan fingerprint density at radius 2 is 1.96 bits per heavy atom. The van der Waals surface area contributed by atoms with E-state index in [1.165, 1.54) is 0 Å². The van der Waals surface area contributed by atoms with Crippen LogP contribution in [0.1, 0.15) is 25.5 Å². The van der Waals surface area contributed by atoms with Crippen LogP contribution in [-0.2, 0) is 16.3 Å². The van der Waals surface area contributed by atoms with Crippen molar-refractivity contribution < 1.29 is 13.5 Å². The molecule has 0 aromatic carbocycles. The first kappa shape index (κ1) is 19.3. The SMILES string of the molecule is CCc1cc(N2CCC(N[C@@H]3CS(=O)(=O)C[C@H]3O)CC2)nc(N(C)C)n1. The molecule has 0 spiro atoms. The zero-order chi connectivity index (χ0) is 18.9. The lowest BCUT2D eigenvalue weighted by molar-refractivity contribution is 0.155. The van der Waals surface area contributed by atoms with Gasteiger partial charge in [0.25, 0.3) is 0 Å². The van der Waals surface area contributed by atoms with Gasteiger partial charge in [-0.15, -0.1) is 0 Å². The number of aryl methyl sites for hydroxylation is 1. The van der Waals surface area contributed by atoms with Crippen molar-refractivity contribution in [3.8, 4) is 0 Å². The number of aliphatic hydroxyl groups is 1. The average Bonchev–Trinajstić information content (AvgIpc) is 2.86. The molecule has 0 aliphatic carbocycles. The minimum atomic E-state index is -3.11. The lowest BCUT2D eigenvalue weighted by Gasteiger charge is -2.35. The van der Waals surface area contributed by atoms with Crippen LogP contribution in [0.3, 0.4) is 0 Å². The summed E-state index contributed by atoms with van der Waals surface area (Å²) in [5.74, 6) is 1.57. The van der Waals surface area contributed by atoms with Gasteiger partial charge in [0.2, 0.25) is 5.95 Å². The molecular formula is C17H29N5O3S. The number of hydrogen-bond acceptors (Lipinski definition) is 8. The van der Waals surface area contributed by atoms with Crippen LogP contribution in [0, 0.1) is 0 Å². The maximum Gasteiger partial charge on any atom is 0.227 e. The molecule has 3 heterocycles. The van der Waals surface area contributed by atoms with Crippen molar-refractivity contribution in [2.75, 3.05) is 48.5 Å². The molecule has 0 radical (unpaired) electrons. The zero-order valence-electron chi connectivity index (χ0n) is 15.7. The summed E-state index contributed by atoms with van der Waals surface area (Å²) in [6.07, 6.45) is 1.86. The van der Waals surface area contributed by atoms with Crippen LogP contribution in [0.2, 0.25) is 0 Å². The van der Waals surface area contributed by atoms with Gasteiger partial charge in [0, 0.05) is 51.0 Å². The summed E-state index contributed by atoms with van der Waals surface area (Å²) in [5, 5.41) is 13.3. The van der Waals surface area contributed by atoms with Gasteiger partial charge in [-0.2, -0.15) is 4.98 Å². The quantitative estimate of drug-likeness (QED) is 0.723. The van der Waals surface area contributed by atoms with E-state index < -0.39 is 15.9 Å².